The highest BCUT2D eigenvalue weighted by Gasteiger charge is 2.14. The fourth-order valence-electron chi connectivity index (χ4n) is 1.80. The van der Waals surface area contributed by atoms with Gasteiger partial charge in [-0.2, -0.15) is 0 Å². The minimum atomic E-state index is -0.418. The van der Waals surface area contributed by atoms with Gasteiger partial charge in [-0.3, -0.25) is 14.6 Å². The summed E-state index contributed by atoms with van der Waals surface area (Å²) in [5.41, 5.74) is 1.56. The van der Waals surface area contributed by atoms with Crippen molar-refractivity contribution in [2.24, 2.45) is 0 Å². The van der Waals surface area contributed by atoms with Gasteiger partial charge in [0.1, 0.15) is 5.76 Å². The van der Waals surface area contributed by atoms with E-state index in [1.807, 2.05) is 26.0 Å². The van der Waals surface area contributed by atoms with Crippen LogP contribution in [0.3, 0.4) is 0 Å². The van der Waals surface area contributed by atoms with E-state index in [0.717, 1.165) is 11.3 Å². The smallest absolute Gasteiger partial charge is 0.287 e. The Labute approximate surface area is 116 Å². The number of pyridine rings is 1. The van der Waals surface area contributed by atoms with E-state index in [0.29, 0.717) is 5.76 Å². The molecule has 1 amide bonds. The van der Waals surface area contributed by atoms with Gasteiger partial charge in [-0.1, -0.05) is 6.07 Å². The third-order valence-electron chi connectivity index (χ3n) is 2.90. The van der Waals surface area contributed by atoms with Crippen LogP contribution >= 0.6 is 0 Å². The van der Waals surface area contributed by atoms with E-state index in [2.05, 4.69) is 10.3 Å². The SMILES string of the molecule is Cc1ccc(C(C)NC(=O)c2cc(=O)cc(C)o2)cn1. The maximum atomic E-state index is 12.0. The molecule has 2 aromatic rings. The molecule has 0 saturated carbocycles. The molecule has 20 heavy (non-hydrogen) atoms. The Bertz CT molecular complexity index is 674. The summed E-state index contributed by atoms with van der Waals surface area (Å²) in [7, 11) is 0. The predicted octanol–water partition coefficient (Wildman–Crippen LogP) is 2.14. The van der Waals surface area contributed by atoms with Crippen LogP contribution in [0, 0.1) is 13.8 Å². The van der Waals surface area contributed by atoms with E-state index in [1.165, 1.54) is 12.1 Å². The molecule has 0 bridgehead atoms. The summed E-state index contributed by atoms with van der Waals surface area (Å²) in [5, 5.41) is 2.77. The second kappa shape index (κ2) is 5.69. The number of nitrogens with zero attached hydrogens (tertiary/aromatic N) is 1. The number of aryl methyl sites for hydroxylation is 2. The normalized spacial score (nSPS) is 11.9. The van der Waals surface area contributed by atoms with Crippen molar-refractivity contribution in [2.45, 2.75) is 26.8 Å². The van der Waals surface area contributed by atoms with Gasteiger partial charge in [-0.05, 0) is 32.4 Å². The second-order valence-corrected chi connectivity index (χ2v) is 4.70. The van der Waals surface area contributed by atoms with E-state index >= 15 is 0 Å². The van der Waals surface area contributed by atoms with Crippen LogP contribution in [0.4, 0.5) is 0 Å². The highest BCUT2D eigenvalue weighted by atomic mass is 16.3. The van der Waals surface area contributed by atoms with E-state index < -0.39 is 5.91 Å². The molecule has 0 aliphatic carbocycles. The van der Waals surface area contributed by atoms with Gasteiger partial charge in [-0.25, -0.2) is 0 Å². The first-order valence-corrected chi connectivity index (χ1v) is 6.31. The molecule has 0 aliphatic rings. The zero-order valence-corrected chi connectivity index (χ0v) is 11.6. The third kappa shape index (κ3) is 3.32. The van der Waals surface area contributed by atoms with Crippen molar-refractivity contribution in [2.75, 3.05) is 0 Å². The Morgan fingerprint density at radius 2 is 2.05 bits per heavy atom. The highest BCUT2D eigenvalue weighted by Crippen LogP contribution is 2.12. The maximum absolute atomic E-state index is 12.0. The lowest BCUT2D eigenvalue weighted by atomic mass is 10.1. The Morgan fingerprint density at radius 3 is 2.65 bits per heavy atom. The minimum absolute atomic E-state index is 0.0157. The molecule has 0 aliphatic heterocycles. The number of hydrogen-bond donors (Lipinski definition) is 1. The average molecular weight is 272 g/mol. The van der Waals surface area contributed by atoms with Crippen LogP contribution < -0.4 is 10.7 Å². The Balaban J connectivity index is 2.14. The van der Waals surface area contributed by atoms with Crippen LogP contribution in [0.15, 0.2) is 39.7 Å². The zero-order valence-electron chi connectivity index (χ0n) is 11.6. The first-order chi connectivity index (χ1) is 9.45. The van der Waals surface area contributed by atoms with Gasteiger partial charge in [-0.15, -0.1) is 0 Å². The van der Waals surface area contributed by atoms with Crippen LogP contribution in [-0.4, -0.2) is 10.9 Å². The Hall–Kier alpha value is -2.43. The lowest BCUT2D eigenvalue weighted by molar-refractivity contribution is 0.0907. The van der Waals surface area contributed by atoms with Gasteiger partial charge < -0.3 is 9.73 Å². The van der Waals surface area contributed by atoms with Crippen molar-refractivity contribution in [1.29, 1.82) is 0 Å². The molecule has 1 N–H and O–H groups in total. The largest absolute Gasteiger partial charge is 0.456 e. The number of rotatable bonds is 3. The van der Waals surface area contributed by atoms with E-state index in [9.17, 15) is 9.59 Å². The molecule has 5 heteroatoms. The van der Waals surface area contributed by atoms with Crippen molar-refractivity contribution < 1.29 is 9.21 Å². The van der Waals surface area contributed by atoms with Gasteiger partial charge >= 0.3 is 0 Å². The number of aromatic nitrogens is 1. The lowest BCUT2D eigenvalue weighted by Crippen LogP contribution is -2.27. The summed E-state index contributed by atoms with van der Waals surface area (Å²) >= 11 is 0. The Morgan fingerprint density at radius 1 is 1.30 bits per heavy atom. The lowest BCUT2D eigenvalue weighted by Gasteiger charge is -2.13. The standard InChI is InChI=1S/C15H16N2O3/c1-9-4-5-12(8-16-9)11(3)17-15(19)14-7-13(18)6-10(2)20-14/h4-8,11H,1-3H3,(H,17,19). The van der Waals surface area contributed by atoms with Gasteiger partial charge in [0.15, 0.2) is 11.2 Å². The molecule has 0 aromatic carbocycles. The molecule has 2 rings (SSSR count). The monoisotopic (exact) mass is 272 g/mol. The molecule has 0 saturated heterocycles. The average Bonchev–Trinajstić information content (AvgIpc) is 2.38. The summed E-state index contributed by atoms with van der Waals surface area (Å²) in [6.45, 7) is 5.37. The number of amides is 1. The first kappa shape index (κ1) is 14.0. The molecule has 2 aromatic heterocycles. The van der Waals surface area contributed by atoms with Crippen LogP contribution in [0.1, 0.15) is 40.5 Å². The summed E-state index contributed by atoms with van der Waals surface area (Å²) in [6.07, 6.45) is 1.71. The van der Waals surface area contributed by atoms with Gasteiger partial charge in [0.25, 0.3) is 5.91 Å². The number of carbonyl (C=O) groups excluding carboxylic acids is 1. The van der Waals surface area contributed by atoms with Gasteiger partial charge in [0.05, 0.1) is 6.04 Å². The van der Waals surface area contributed by atoms with Crippen molar-refractivity contribution in [3.8, 4) is 0 Å². The summed E-state index contributed by atoms with van der Waals surface area (Å²) in [5.74, 6) is 0.00750. The fraction of sp³-hybridized carbons (Fsp3) is 0.267. The Kier molecular flexibility index (Phi) is 3.98. The molecule has 0 spiro atoms. The van der Waals surface area contributed by atoms with Crippen molar-refractivity contribution >= 4 is 5.91 Å². The molecule has 0 fully saturated rings. The molecule has 5 nitrogen and oxygen atoms in total. The molecule has 2 heterocycles. The molecular weight excluding hydrogens is 256 g/mol. The highest BCUT2D eigenvalue weighted by molar-refractivity contribution is 5.91. The maximum Gasteiger partial charge on any atom is 0.287 e. The van der Waals surface area contributed by atoms with Crippen LogP contribution in [-0.2, 0) is 0 Å². The van der Waals surface area contributed by atoms with Crippen molar-refractivity contribution in [3.63, 3.8) is 0 Å². The second-order valence-electron chi connectivity index (χ2n) is 4.70. The van der Waals surface area contributed by atoms with Crippen LogP contribution in [0.25, 0.3) is 0 Å². The van der Waals surface area contributed by atoms with E-state index in [1.54, 1.807) is 13.1 Å². The molecule has 1 atom stereocenters. The minimum Gasteiger partial charge on any atom is -0.456 e. The third-order valence-corrected chi connectivity index (χ3v) is 2.90. The number of carbonyl (C=O) groups is 1. The summed E-state index contributed by atoms with van der Waals surface area (Å²) < 4.78 is 5.25. The van der Waals surface area contributed by atoms with Crippen molar-refractivity contribution in [3.05, 3.63) is 63.5 Å². The first-order valence-electron chi connectivity index (χ1n) is 6.31. The topological polar surface area (TPSA) is 72.2 Å². The number of hydrogen-bond acceptors (Lipinski definition) is 4. The van der Waals surface area contributed by atoms with E-state index in [-0.39, 0.29) is 17.2 Å². The number of nitrogens with one attached hydrogen (secondary N) is 1. The summed E-state index contributed by atoms with van der Waals surface area (Å²) in [4.78, 5) is 27.6. The van der Waals surface area contributed by atoms with Crippen molar-refractivity contribution in [1.82, 2.24) is 10.3 Å². The molecule has 0 radical (unpaired) electrons. The van der Waals surface area contributed by atoms with Crippen LogP contribution in [0.5, 0.6) is 0 Å². The predicted molar refractivity (Wildman–Crippen MR) is 74.6 cm³/mol. The van der Waals surface area contributed by atoms with Crippen LogP contribution in [0.2, 0.25) is 0 Å². The quantitative estimate of drug-likeness (QED) is 0.929. The zero-order chi connectivity index (χ0) is 14.7. The van der Waals surface area contributed by atoms with Gasteiger partial charge in [0.2, 0.25) is 0 Å². The fourth-order valence-corrected chi connectivity index (χ4v) is 1.80. The molecule has 104 valence electrons. The van der Waals surface area contributed by atoms with E-state index in [4.69, 9.17) is 4.42 Å². The molecular formula is C15H16N2O3. The van der Waals surface area contributed by atoms with Gasteiger partial charge in [0, 0.05) is 24.0 Å². The molecule has 1 unspecified atom stereocenters. The summed E-state index contributed by atoms with van der Waals surface area (Å²) in [6, 6.07) is 6.08.